The fourth-order valence-corrected chi connectivity index (χ4v) is 16.3. The third kappa shape index (κ3) is 7.44. The number of hydrogen-bond acceptors (Lipinski definition) is 0. The molecule has 0 spiro atoms. The normalized spacial score (nSPS) is 16.7. The molecule has 6 rings (SSSR count). The van der Waals surface area contributed by atoms with E-state index in [1.807, 2.05) is 10.7 Å². The molecule has 0 radical (unpaired) electrons. The minimum atomic E-state index is -1.88. The van der Waals surface area contributed by atoms with Crippen LogP contribution in [0, 0.1) is 0 Å². The van der Waals surface area contributed by atoms with Gasteiger partial charge in [-0.1, -0.05) is 101 Å². The number of rotatable bonds is 8. The summed E-state index contributed by atoms with van der Waals surface area (Å²) in [6.45, 7) is 6.55. The molecule has 0 N–H and O–H groups in total. The summed E-state index contributed by atoms with van der Waals surface area (Å²) in [6, 6.07) is 36.7. The third-order valence-corrected chi connectivity index (χ3v) is 25.5. The van der Waals surface area contributed by atoms with Crippen molar-refractivity contribution in [3.8, 4) is 0 Å². The predicted octanol–water partition coefficient (Wildman–Crippen LogP) is 10.6. The Balaban J connectivity index is 0.000000155. The zero-order valence-electron chi connectivity index (χ0n) is 24.2. The monoisotopic (exact) mass is 760 g/mol. The van der Waals surface area contributed by atoms with Crippen molar-refractivity contribution in [1.82, 2.24) is 0 Å². The van der Waals surface area contributed by atoms with Crippen molar-refractivity contribution in [2.75, 3.05) is 0 Å². The molecule has 2 fully saturated rings. The van der Waals surface area contributed by atoms with Crippen LogP contribution < -0.4 is 10.4 Å². The van der Waals surface area contributed by atoms with Crippen LogP contribution >= 0.6 is 17.2 Å². The van der Waals surface area contributed by atoms with Crippen molar-refractivity contribution >= 4 is 69.0 Å². The van der Waals surface area contributed by atoms with Crippen LogP contribution in [0.5, 0.6) is 0 Å². The fraction of sp³-hybridized carbons (Fsp3) is 0.441. The summed E-state index contributed by atoms with van der Waals surface area (Å²) in [4.78, 5) is 0. The first-order chi connectivity index (χ1) is 19.0. The molecule has 0 bridgehead atoms. The Morgan fingerprint density at radius 3 is 1.38 bits per heavy atom. The summed E-state index contributed by atoms with van der Waals surface area (Å²) in [6.07, 6.45) is 8.54. The number of benzene rings is 2. The molecule has 0 nitrogen and oxygen atoms in total. The van der Waals surface area contributed by atoms with E-state index < -0.39 is 34.7 Å². The van der Waals surface area contributed by atoms with E-state index in [9.17, 15) is 0 Å². The van der Waals surface area contributed by atoms with Gasteiger partial charge in [-0.25, -0.2) is 0 Å². The SMILES string of the molecule is CCCC[Si]1([c-]2ccc3ccccc32)CCC1.CCCC[Si]1([c-]2ccc3ccccc32)CCC1.C[CH]=[Hf]([Cl])[Cl]. The minimum absolute atomic E-state index is 1.05. The second kappa shape index (κ2) is 15.0. The van der Waals surface area contributed by atoms with Crippen molar-refractivity contribution in [3.05, 3.63) is 72.8 Å². The Labute approximate surface area is 254 Å². The van der Waals surface area contributed by atoms with Crippen molar-refractivity contribution in [2.24, 2.45) is 0 Å². The average Bonchev–Trinajstić information content (AvgIpc) is 3.54. The van der Waals surface area contributed by atoms with E-state index in [-0.39, 0.29) is 0 Å². The maximum absolute atomic E-state index is 5.39. The van der Waals surface area contributed by atoms with Gasteiger partial charge in [0.1, 0.15) is 0 Å². The quantitative estimate of drug-likeness (QED) is 0.124. The van der Waals surface area contributed by atoms with Gasteiger partial charge in [-0.2, -0.15) is 24.3 Å². The molecule has 2 aliphatic rings. The van der Waals surface area contributed by atoms with Crippen molar-refractivity contribution in [3.63, 3.8) is 0 Å². The summed E-state index contributed by atoms with van der Waals surface area (Å²) in [5.74, 6) is 0. The van der Waals surface area contributed by atoms with Crippen LogP contribution in [0.3, 0.4) is 0 Å². The summed E-state index contributed by atoms with van der Waals surface area (Å²) >= 11 is -1.88. The number of fused-ring (bicyclic) bond motifs is 2. The molecule has 2 aliphatic heterocycles. The molecule has 39 heavy (non-hydrogen) atoms. The van der Waals surface area contributed by atoms with E-state index >= 15 is 0 Å². The van der Waals surface area contributed by atoms with Gasteiger partial charge in [-0.15, -0.1) is 68.3 Å². The molecule has 2 heterocycles. The third-order valence-electron chi connectivity index (χ3n) is 9.36. The molecule has 5 heteroatoms. The average molecular weight is 760 g/mol. The van der Waals surface area contributed by atoms with Crippen LogP contribution in [0.2, 0.25) is 36.3 Å². The van der Waals surface area contributed by atoms with Gasteiger partial charge >= 0.3 is 46.4 Å². The van der Waals surface area contributed by atoms with Gasteiger partial charge in [0.25, 0.3) is 0 Å². The van der Waals surface area contributed by atoms with Gasteiger partial charge in [0, 0.05) is 16.1 Å². The van der Waals surface area contributed by atoms with Gasteiger partial charge in [-0.05, 0) is 0 Å². The summed E-state index contributed by atoms with van der Waals surface area (Å²) < 4.78 is 1.91. The van der Waals surface area contributed by atoms with Crippen LogP contribution in [-0.4, -0.2) is 19.9 Å². The van der Waals surface area contributed by atoms with E-state index in [1.54, 1.807) is 45.3 Å². The molecule has 2 saturated heterocycles. The molecule has 4 aromatic carbocycles. The van der Waals surface area contributed by atoms with Gasteiger partial charge in [-0.3, -0.25) is 0 Å². The standard InChI is InChI=1S/2C16H21Si.C2H4.2ClH.Hf/c2*1-2-3-11-17(12-6-13-17)16-10-9-14-7-4-5-8-15(14)16;1-2;;;/h2*4-5,7-10H,2-3,6,11-13H2,1H3;1H,2H3;2*1H;/q2*-1;;;;+2/p-2. The van der Waals surface area contributed by atoms with Crippen molar-refractivity contribution in [2.45, 2.75) is 95.6 Å². The molecule has 0 atom stereocenters. The zero-order chi connectivity index (χ0) is 27.7. The predicted molar refractivity (Wildman–Crippen MR) is 181 cm³/mol. The fourth-order valence-electron chi connectivity index (χ4n) is 6.77. The van der Waals surface area contributed by atoms with E-state index in [0.29, 0.717) is 0 Å². The summed E-state index contributed by atoms with van der Waals surface area (Å²) in [5, 5.41) is 9.58. The van der Waals surface area contributed by atoms with Gasteiger partial charge in [0.05, 0.1) is 0 Å². The van der Waals surface area contributed by atoms with E-state index in [4.69, 9.17) is 17.2 Å². The van der Waals surface area contributed by atoms with Crippen LogP contribution in [0.4, 0.5) is 0 Å². The molecule has 0 amide bonds. The molecule has 0 aliphatic carbocycles. The van der Waals surface area contributed by atoms with Crippen LogP contribution in [-0.2, 0) is 18.6 Å². The van der Waals surface area contributed by atoms with E-state index in [2.05, 4.69) is 86.6 Å². The number of halogens is 2. The Hall–Kier alpha value is -0.586. The Morgan fingerprint density at radius 2 is 1.08 bits per heavy atom. The molecule has 0 unspecified atom stereocenters. The van der Waals surface area contributed by atoms with Crippen LogP contribution in [0.15, 0.2) is 72.8 Å². The first-order valence-electron chi connectivity index (χ1n) is 15.3. The summed E-state index contributed by atoms with van der Waals surface area (Å²) in [5.41, 5.74) is 0. The first kappa shape index (κ1) is 31.4. The number of hydrogen-bond donors (Lipinski definition) is 0. The van der Waals surface area contributed by atoms with E-state index in [0.717, 1.165) is 0 Å². The molecular formula is C34H46Cl2HfSi2-2. The second-order valence-electron chi connectivity index (χ2n) is 11.7. The summed E-state index contributed by atoms with van der Waals surface area (Å²) in [7, 11) is 8.67. The molecule has 210 valence electrons. The second-order valence-corrected chi connectivity index (χ2v) is 33.3. The topological polar surface area (TPSA) is 0 Å². The Kier molecular flexibility index (Phi) is 12.1. The molecule has 0 aromatic heterocycles. The van der Waals surface area contributed by atoms with Crippen LogP contribution in [0.25, 0.3) is 21.5 Å². The zero-order valence-corrected chi connectivity index (χ0v) is 31.4. The van der Waals surface area contributed by atoms with Crippen molar-refractivity contribution < 1.29 is 18.6 Å². The Bertz CT molecular complexity index is 1240. The van der Waals surface area contributed by atoms with Crippen LogP contribution in [0.1, 0.15) is 59.3 Å². The molecule has 4 aromatic rings. The van der Waals surface area contributed by atoms with Gasteiger partial charge in [0.2, 0.25) is 0 Å². The Morgan fingerprint density at radius 1 is 0.692 bits per heavy atom. The molecular weight excluding hydrogens is 714 g/mol. The van der Waals surface area contributed by atoms with Gasteiger partial charge < -0.3 is 0 Å². The maximum atomic E-state index is 5.39. The van der Waals surface area contributed by atoms with Gasteiger partial charge in [0.15, 0.2) is 0 Å². The number of unbranched alkanes of at least 4 members (excludes halogenated alkanes) is 2. The van der Waals surface area contributed by atoms with E-state index in [1.165, 1.54) is 61.4 Å². The first-order valence-corrected chi connectivity index (χ1v) is 31.5. The van der Waals surface area contributed by atoms with Crippen molar-refractivity contribution in [1.29, 1.82) is 0 Å². The molecule has 0 saturated carbocycles.